The zero-order chi connectivity index (χ0) is 28.8. The van der Waals surface area contributed by atoms with E-state index in [1.54, 1.807) is 36.1 Å². The molecule has 0 aliphatic carbocycles. The predicted octanol–water partition coefficient (Wildman–Crippen LogP) is 5.20. The molecule has 0 saturated heterocycles. The number of aromatic amines is 1. The molecule has 208 valence electrons. The van der Waals surface area contributed by atoms with Gasteiger partial charge in [0.15, 0.2) is 5.88 Å². The number of nitrogens with one attached hydrogen (secondary N) is 1. The molecule has 2 N–H and O–H groups in total. The molecular weight excluding hydrogens is 511 g/mol. The first-order valence-corrected chi connectivity index (χ1v) is 12.9. The van der Waals surface area contributed by atoms with Gasteiger partial charge in [-0.2, -0.15) is 0 Å². The molecule has 0 unspecified atom stereocenters. The minimum absolute atomic E-state index is 0.0472. The number of carbonyl (C=O) groups excluding carboxylic acids is 2. The number of anilines is 1. The SMILES string of the molecule is COC(=O)Cc1cccc(C(=Nc2ccc(N(CCCN(C)C)C(C)=O)cc2)c2c(O)[nH]c3cc(F)ccc23)c1. The maximum absolute atomic E-state index is 13.9. The average molecular weight is 545 g/mol. The number of hydrogen-bond acceptors (Lipinski definition) is 6. The van der Waals surface area contributed by atoms with Crippen molar-refractivity contribution >= 4 is 39.9 Å². The van der Waals surface area contributed by atoms with Gasteiger partial charge < -0.3 is 24.6 Å². The molecule has 0 bridgehead atoms. The summed E-state index contributed by atoms with van der Waals surface area (Å²) in [5.41, 5.74) is 3.98. The zero-order valence-corrected chi connectivity index (χ0v) is 23.1. The molecule has 1 amide bonds. The number of ether oxygens (including phenoxy) is 1. The van der Waals surface area contributed by atoms with E-state index in [2.05, 4.69) is 9.88 Å². The van der Waals surface area contributed by atoms with Crippen LogP contribution in [0.2, 0.25) is 0 Å². The summed E-state index contributed by atoms with van der Waals surface area (Å²) in [5, 5.41) is 11.5. The number of methoxy groups -OCH3 is 1. The van der Waals surface area contributed by atoms with Gasteiger partial charge in [0.05, 0.1) is 36.0 Å². The topological polar surface area (TPSA) is 98.2 Å². The van der Waals surface area contributed by atoms with Gasteiger partial charge in [-0.1, -0.05) is 18.2 Å². The highest BCUT2D eigenvalue weighted by atomic mass is 19.1. The van der Waals surface area contributed by atoms with Gasteiger partial charge in [-0.25, -0.2) is 9.38 Å². The van der Waals surface area contributed by atoms with E-state index in [1.807, 2.05) is 44.4 Å². The quantitative estimate of drug-likeness (QED) is 0.211. The Morgan fingerprint density at radius 1 is 1.02 bits per heavy atom. The van der Waals surface area contributed by atoms with Crippen LogP contribution in [-0.2, 0) is 20.7 Å². The number of halogens is 1. The van der Waals surface area contributed by atoms with Crippen molar-refractivity contribution in [3.05, 3.63) is 89.2 Å². The number of amides is 1. The number of esters is 1. The van der Waals surface area contributed by atoms with Crippen LogP contribution in [0.5, 0.6) is 5.88 Å². The highest BCUT2D eigenvalue weighted by Crippen LogP contribution is 2.32. The Labute approximate surface area is 232 Å². The molecule has 40 heavy (non-hydrogen) atoms. The standard InChI is InChI=1S/C31H33FN4O4/c1-20(37)36(16-6-15-35(2)3)25-12-10-24(11-13-25)33-30(22-8-5-7-21(17-22)18-28(38)40-4)29-26-14-9-23(32)19-27(26)34-31(29)39/h5,7-14,17,19,34,39H,6,15-16,18H2,1-4H3. The third kappa shape index (κ3) is 6.73. The van der Waals surface area contributed by atoms with Gasteiger partial charge in [0, 0.05) is 30.1 Å². The minimum atomic E-state index is -0.435. The summed E-state index contributed by atoms with van der Waals surface area (Å²) >= 11 is 0. The van der Waals surface area contributed by atoms with Crippen LogP contribution in [0.15, 0.2) is 71.7 Å². The Bertz CT molecular complexity index is 1540. The maximum atomic E-state index is 13.9. The van der Waals surface area contributed by atoms with Gasteiger partial charge in [0.2, 0.25) is 5.91 Å². The number of aromatic hydroxyl groups is 1. The molecule has 8 nitrogen and oxygen atoms in total. The lowest BCUT2D eigenvalue weighted by Crippen LogP contribution is -2.31. The molecule has 4 aromatic rings. The maximum Gasteiger partial charge on any atom is 0.309 e. The lowest BCUT2D eigenvalue weighted by atomic mass is 9.98. The normalized spacial score (nSPS) is 11.7. The van der Waals surface area contributed by atoms with E-state index in [-0.39, 0.29) is 24.2 Å². The number of fused-ring (bicyclic) bond motifs is 1. The van der Waals surface area contributed by atoms with Crippen molar-refractivity contribution in [3.8, 4) is 5.88 Å². The van der Waals surface area contributed by atoms with Crippen molar-refractivity contribution in [3.63, 3.8) is 0 Å². The third-order valence-electron chi connectivity index (χ3n) is 6.52. The second-order valence-corrected chi connectivity index (χ2v) is 9.80. The number of nitrogens with zero attached hydrogens (tertiary/aromatic N) is 3. The summed E-state index contributed by atoms with van der Waals surface area (Å²) in [6, 6.07) is 18.8. The molecule has 0 aliphatic heterocycles. The minimum Gasteiger partial charge on any atom is -0.494 e. The van der Waals surface area contributed by atoms with Crippen LogP contribution in [0.1, 0.15) is 30.0 Å². The van der Waals surface area contributed by atoms with Crippen LogP contribution >= 0.6 is 0 Å². The zero-order valence-electron chi connectivity index (χ0n) is 23.1. The van der Waals surface area contributed by atoms with E-state index < -0.39 is 5.82 Å². The summed E-state index contributed by atoms with van der Waals surface area (Å²) < 4.78 is 18.7. The van der Waals surface area contributed by atoms with E-state index in [9.17, 15) is 19.1 Å². The van der Waals surface area contributed by atoms with Crippen LogP contribution in [-0.4, -0.2) is 66.9 Å². The second-order valence-electron chi connectivity index (χ2n) is 9.80. The summed E-state index contributed by atoms with van der Waals surface area (Å²) in [6.45, 7) is 3.00. The number of H-pyrrole nitrogens is 1. The Morgan fingerprint density at radius 2 is 1.77 bits per heavy atom. The summed E-state index contributed by atoms with van der Waals surface area (Å²) in [6.07, 6.45) is 0.908. The highest BCUT2D eigenvalue weighted by molar-refractivity contribution is 6.22. The van der Waals surface area contributed by atoms with Gasteiger partial charge in [-0.3, -0.25) is 9.59 Å². The smallest absolute Gasteiger partial charge is 0.309 e. The van der Waals surface area contributed by atoms with Crippen LogP contribution < -0.4 is 4.90 Å². The fraction of sp³-hybridized carbons (Fsp3) is 0.258. The summed E-state index contributed by atoms with van der Waals surface area (Å²) in [7, 11) is 5.33. The number of benzene rings is 3. The van der Waals surface area contributed by atoms with Crippen molar-refractivity contribution < 1.29 is 23.8 Å². The highest BCUT2D eigenvalue weighted by Gasteiger charge is 2.20. The van der Waals surface area contributed by atoms with E-state index in [4.69, 9.17) is 9.73 Å². The first-order valence-electron chi connectivity index (χ1n) is 12.9. The summed E-state index contributed by atoms with van der Waals surface area (Å²) in [5.74, 6) is -1.01. The first-order chi connectivity index (χ1) is 19.2. The molecular formula is C31H33FN4O4. The van der Waals surface area contributed by atoms with Crippen molar-refractivity contribution in [1.29, 1.82) is 0 Å². The molecule has 1 heterocycles. The van der Waals surface area contributed by atoms with Crippen molar-refractivity contribution in [2.45, 2.75) is 19.8 Å². The van der Waals surface area contributed by atoms with Gasteiger partial charge in [-0.15, -0.1) is 0 Å². The fourth-order valence-electron chi connectivity index (χ4n) is 4.58. The molecule has 0 spiro atoms. The predicted molar refractivity (Wildman–Crippen MR) is 155 cm³/mol. The van der Waals surface area contributed by atoms with Crippen molar-refractivity contribution in [1.82, 2.24) is 9.88 Å². The molecule has 0 atom stereocenters. The Morgan fingerprint density at radius 3 is 2.45 bits per heavy atom. The largest absolute Gasteiger partial charge is 0.494 e. The molecule has 4 rings (SSSR count). The van der Waals surface area contributed by atoms with Gasteiger partial charge in [0.1, 0.15) is 5.82 Å². The van der Waals surface area contributed by atoms with E-state index in [0.29, 0.717) is 45.5 Å². The van der Waals surface area contributed by atoms with Gasteiger partial charge in [-0.05, 0) is 81.2 Å². The second kappa shape index (κ2) is 12.6. The molecule has 0 saturated carbocycles. The van der Waals surface area contributed by atoms with Crippen molar-refractivity contribution in [2.75, 3.05) is 39.2 Å². The van der Waals surface area contributed by atoms with E-state index in [1.165, 1.54) is 19.2 Å². The lowest BCUT2D eigenvalue weighted by Gasteiger charge is -2.22. The van der Waals surface area contributed by atoms with Crippen LogP contribution in [0, 0.1) is 5.82 Å². The molecule has 1 aromatic heterocycles. The fourth-order valence-corrected chi connectivity index (χ4v) is 4.58. The van der Waals surface area contributed by atoms with Crippen LogP contribution in [0.3, 0.4) is 0 Å². The third-order valence-corrected chi connectivity index (χ3v) is 6.52. The number of aliphatic imine (C=N–C) groups is 1. The molecule has 0 radical (unpaired) electrons. The lowest BCUT2D eigenvalue weighted by molar-refractivity contribution is -0.139. The first kappa shape index (κ1) is 28.5. The van der Waals surface area contributed by atoms with Crippen molar-refractivity contribution in [2.24, 2.45) is 4.99 Å². The van der Waals surface area contributed by atoms with E-state index in [0.717, 1.165) is 18.7 Å². The van der Waals surface area contributed by atoms with Crippen LogP contribution in [0.4, 0.5) is 15.8 Å². The van der Waals surface area contributed by atoms with Gasteiger partial charge in [0.25, 0.3) is 0 Å². The number of hydrogen-bond donors (Lipinski definition) is 2. The Hall–Kier alpha value is -4.50. The summed E-state index contributed by atoms with van der Waals surface area (Å²) in [4.78, 5) is 35.8. The number of rotatable bonds is 10. The number of aromatic nitrogens is 1. The molecule has 3 aromatic carbocycles. The van der Waals surface area contributed by atoms with E-state index >= 15 is 0 Å². The molecule has 0 aliphatic rings. The Balaban J connectivity index is 1.78. The number of carbonyl (C=O) groups is 2. The average Bonchev–Trinajstić information content (AvgIpc) is 3.24. The molecule has 9 heteroatoms. The van der Waals surface area contributed by atoms with Crippen LogP contribution in [0.25, 0.3) is 10.9 Å². The Kier molecular flexibility index (Phi) is 8.96. The van der Waals surface area contributed by atoms with Gasteiger partial charge >= 0.3 is 5.97 Å². The monoisotopic (exact) mass is 544 g/mol. The molecule has 0 fully saturated rings.